The molecule has 72 valence electrons. The second-order valence-corrected chi connectivity index (χ2v) is 2.90. The van der Waals surface area contributed by atoms with Gasteiger partial charge in [-0.05, 0) is 18.2 Å². The van der Waals surface area contributed by atoms with E-state index < -0.39 is 4.92 Å². The fourth-order valence-corrected chi connectivity index (χ4v) is 1.40. The molecule has 0 bridgehead atoms. The van der Waals surface area contributed by atoms with Crippen LogP contribution in [-0.2, 0) is 0 Å². The molecule has 1 heterocycles. The van der Waals surface area contributed by atoms with Crippen LogP contribution in [0.15, 0.2) is 30.5 Å². The van der Waals surface area contributed by atoms with Gasteiger partial charge in [0.05, 0.1) is 16.6 Å². The van der Waals surface area contributed by atoms with Crippen LogP contribution in [0.4, 0.5) is 5.69 Å². The number of hydrogen-bond donors (Lipinski definition) is 0. The Morgan fingerprint density at radius 2 is 2.20 bits per heavy atom. The van der Waals surface area contributed by atoms with Crippen LogP contribution in [0.3, 0.4) is 0 Å². The predicted octanol–water partition coefficient (Wildman–Crippen LogP) is 2.01. The zero-order chi connectivity index (χ0) is 10.8. The molecule has 0 radical (unpaired) electrons. The summed E-state index contributed by atoms with van der Waals surface area (Å²) in [6.07, 6.45) is 1.47. The first-order valence-electron chi connectivity index (χ1n) is 4.16. The minimum atomic E-state index is -0.503. The number of nitro groups is 1. The van der Waals surface area contributed by atoms with Gasteiger partial charge in [-0.25, -0.2) is 4.98 Å². The number of aromatic nitrogens is 1. The van der Waals surface area contributed by atoms with Crippen LogP contribution in [-0.4, -0.2) is 9.91 Å². The number of non-ortho nitro benzene ring substituents is 1. The zero-order valence-electron chi connectivity index (χ0n) is 7.54. The van der Waals surface area contributed by atoms with Crippen molar-refractivity contribution in [3.63, 3.8) is 0 Å². The van der Waals surface area contributed by atoms with Gasteiger partial charge in [-0.2, -0.15) is 5.26 Å². The molecule has 0 saturated heterocycles. The Balaban J connectivity index is 2.91. The molecule has 2 aromatic rings. The van der Waals surface area contributed by atoms with Crippen molar-refractivity contribution in [1.29, 1.82) is 5.26 Å². The van der Waals surface area contributed by atoms with Crippen LogP contribution >= 0.6 is 0 Å². The molecule has 5 heteroatoms. The average Bonchev–Trinajstić information content (AvgIpc) is 2.27. The molecule has 0 unspecified atom stereocenters. The molecule has 0 aliphatic rings. The lowest BCUT2D eigenvalue weighted by atomic mass is 10.1. The maximum atomic E-state index is 10.7. The van der Waals surface area contributed by atoms with Crippen LogP contribution < -0.4 is 0 Å². The van der Waals surface area contributed by atoms with E-state index in [2.05, 4.69) is 4.98 Å². The maximum Gasteiger partial charge on any atom is 0.295 e. The standard InChI is InChI=1S/C10H5N3O2/c11-6-7-3-4-9(13(14)15)10-8(7)2-1-5-12-10/h1-5H. The second kappa shape index (κ2) is 3.35. The van der Waals surface area contributed by atoms with Gasteiger partial charge < -0.3 is 0 Å². The Morgan fingerprint density at radius 1 is 1.40 bits per heavy atom. The van der Waals surface area contributed by atoms with Gasteiger partial charge in [-0.3, -0.25) is 10.1 Å². The molecule has 1 aromatic heterocycles. The van der Waals surface area contributed by atoms with Gasteiger partial charge in [-0.1, -0.05) is 0 Å². The number of pyridine rings is 1. The quantitative estimate of drug-likeness (QED) is 0.519. The van der Waals surface area contributed by atoms with E-state index in [9.17, 15) is 10.1 Å². The van der Waals surface area contributed by atoms with Crippen molar-refractivity contribution in [2.24, 2.45) is 0 Å². The van der Waals surface area contributed by atoms with Gasteiger partial charge in [0.1, 0.15) is 5.52 Å². The first kappa shape index (κ1) is 9.09. The SMILES string of the molecule is N#Cc1ccc([N+](=O)[O-])c2ncccc12. The highest BCUT2D eigenvalue weighted by Gasteiger charge is 2.14. The van der Waals surface area contributed by atoms with Gasteiger partial charge in [-0.15, -0.1) is 0 Å². The smallest absolute Gasteiger partial charge is 0.258 e. The molecule has 0 aliphatic heterocycles. The third-order valence-electron chi connectivity index (χ3n) is 2.07. The highest BCUT2D eigenvalue weighted by Crippen LogP contribution is 2.25. The Kier molecular flexibility index (Phi) is 2.03. The summed E-state index contributed by atoms with van der Waals surface area (Å²) in [5.41, 5.74) is 0.565. The van der Waals surface area contributed by atoms with E-state index in [1.807, 2.05) is 6.07 Å². The zero-order valence-corrected chi connectivity index (χ0v) is 7.54. The molecule has 0 atom stereocenters. The van der Waals surface area contributed by atoms with Crippen LogP contribution in [0.1, 0.15) is 5.56 Å². The van der Waals surface area contributed by atoms with Crippen molar-refractivity contribution in [2.45, 2.75) is 0 Å². The Bertz CT molecular complexity index is 587. The van der Waals surface area contributed by atoms with Crippen molar-refractivity contribution in [1.82, 2.24) is 4.98 Å². The number of nitro benzene ring substituents is 1. The van der Waals surface area contributed by atoms with Gasteiger partial charge in [0, 0.05) is 17.6 Å². The number of rotatable bonds is 1. The summed E-state index contributed by atoms with van der Waals surface area (Å²) in [7, 11) is 0. The highest BCUT2D eigenvalue weighted by atomic mass is 16.6. The Labute approximate surface area is 84.7 Å². The van der Waals surface area contributed by atoms with Crippen LogP contribution in [0.2, 0.25) is 0 Å². The van der Waals surface area contributed by atoms with E-state index in [-0.39, 0.29) is 11.2 Å². The number of benzene rings is 1. The van der Waals surface area contributed by atoms with E-state index in [1.165, 1.54) is 18.3 Å². The molecule has 0 aliphatic carbocycles. The van der Waals surface area contributed by atoms with Crippen LogP contribution in [0.5, 0.6) is 0 Å². The Morgan fingerprint density at radius 3 is 2.87 bits per heavy atom. The number of hydrogen-bond acceptors (Lipinski definition) is 4. The molecular formula is C10H5N3O2. The summed E-state index contributed by atoms with van der Waals surface area (Å²) >= 11 is 0. The molecule has 0 fully saturated rings. The van der Waals surface area contributed by atoms with Crippen LogP contribution in [0.25, 0.3) is 10.9 Å². The summed E-state index contributed by atoms with van der Waals surface area (Å²) in [5.74, 6) is 0. The summed E-state index contributed by atoms with van der Waals surface area (Å²) in [4.78, 5) is 14.1. The van der Waals surface area contributed by atoms with Crippen LogP contribution in [0, 0.1) is 21.4 Å². The van der Waals surface area contributed by atoms with Crippen molar-refractivity contribution in [2.75, 3.05) is 0 Å². The van der Waals surface area contributed by atoms with E-state index >= 15 is 0 Å². The monoisotopic (exact) mass is 199 g/mol. The lowest BCUT2D eigenvalue weighted by Crippen LogP contribution is -1.92. The maximum absolute atomic E-state index is 10.7. The molecule has 5 nitrogen and oxygen atoms in total. The second-order valence-electron chi connectivity index (χ2n) is 2.90. The lowest BCUT2D eigenvalue weighted by molar-refractivity contribution is -0.383. The number of nitrogens with zero attached hydrogens (tertiary/aromatic N) is 3. The van der Waals surface area contributed by atoms with Gasteiger partial charge in [0.25, 0.3) is 5.69 Å². The molecule has 15 heavy (non-hydrogen) atoms. The summed E-state index contributed by atoms with van der Waals surface area (Å²) in [6.45, 7) is 0. The first-order valence-corrected chi connectivity index (χ1v) is 4.16. The summed E-state index contributed by atoms with van der Waals surface area (Å²) in [6, 6.07) is 8.00. The summed E-state index contributed by atoms with van der Waals surface area (Å²) in [5, 5.41) is 20.0. The average molecular weight is 199 g/mol. The lowest BCUT2D eigenvalue weighted by Gasteiger charge is -1.99. The molecule has 0 amide bonds. The minimum Gasteiger partial charge on any atom is -0.258 e. The normalized spacial score (nSPS) is 9.80. The molecule has 1 aromatic carbocycles. The summed E-state index contributed by atoms with van der Waals surface area (Å²) < 4.78 is 0. The molecule has 2 rings (SSSR count). The number of nitriles is 1. The fraction of sp³-hybridized carbons (Fsp3) is 0. The minimum absolute atomic E-state index is 0.0791. The molecule has 0 spiro atoms. The van der Waals surface area contributed by atoms with Gasteiger partial charge in [0.15, 0.2) is 0 Å². The first-order chi connectivity index (χ1) is 7.24. The topological polar surface area (TPSA) is 79.8 Å². The van der Waals surface area contributed by atoms with E-state index in [0.29, 0.717) is 10.9 Å². The van der Waals surface area contributed by atoms with Crippen molar-refractivity contribution >= 4 is 16.6 Å². The predicted molar refractivity (Wildman–Crippen MR) is 53.1 cm³/mol. The van der Waals surface area contributed by atoms with Gasteiger partial charge in [0.2, 0.25) is 0 Å². The Hall–Kier alpha value is -2.48. The molecular weight excluding hydrogens is 194 g/mol. The van der Waals surface area contributed by atoms with Crippen molar-refractivity contribution < 1.29 is 4.92 Å². The molecule has 0 N–H and O–H groups in total. The fourth-order valence-electron chi connectivity index (χ4n) is 1.40. The highest BCUT2D eigenvalue weighted by molar-refractivity contribution is 5.91. The van der Waals surface area contributed by atoms with Gasteiger partial charge >= 0.3 is 0 Å². The van der Waals surface area contributed by atoms with Crippen molar-refractivity contribution in [3.8, 4) is 6.07 Å². The van der Waals surface area contributed by atoms with E-state index in [1.54, 1.807) is 12.1 Å². The molecule has 0 saturated carbocycles. The van der Waals surface area contributed by atoms with E-state index in [0.717, 1.165) is 0 Å². The van der Waals surface area contributed by atoms with E-state index in [4.69, 9.17) is 5.26 Å². The van der Waals surface area contributed by atoms with Crippen molar-refractivity contribution in [3.05, 3.63) is 46.1 Å². The third-order valence-corrected chi connectivity index (χ3v) is 2.07. The third kappa shape index (κ3) is 1.38. The largest absolute Gasteiger partial charge is 0.295 e. The number of fused-ring (bicyclic) bond motifs is 1.